The van der Waals surface area contributed by atoms with Crippen LogP contribution in [0.1, 0.15) is 41.6 Å². The van der Waals surface area contributed by atoms with Gasteiger partial charge in [0.2, 0.25) is 11.9 Å². The summed E-state index contributed by atoms with van der Waals surface area (Å²) in [6, 6.07) is 25.9. The quantitative estimate of drug-likeness (QED) is 0.366. The number of ether oxygens (including phenoxy) is 2. The van der Waals surface area contributed by atoms with Crippen LogP contribution in [0.15, 0.2) is 78.9 Å². The summed E-state index contributed by atoms with van der Waals surface area (Å²) in [5, 5.41) is 11.0. The molecule has 0 saturated heterocycles. The van der Waals surface area contributed by atoms with Crippen LogP contribution in [0.2, 0.25) is 0 Å². The Hall–Kier alpha value is -4.33. The van der Waals surface area contributed by atoms with Gasteiger partial charge in [-0.15, -0.1) is 5.10 Å². The summed E-state index contributed by atoms with van der Waals surface area (Å²) in [6.45, 7) is 0. The molecule has 1 aromatic heterocycles. The Morgan fingerprint density at radius 1 is 0.944 bits per heavy atom. The number of nitrogens with one attached hydrogen (secondary N) is 2. The van der Waals surface area contributed by atoms with Crippen molar-refractivity contribution in [1.29, 1.82) is 0 Å². The van der Waals surface area contributed by atoms with E-state index in [0.717, 1.165) is 34.6 Å². The molecular weight excluding hydrogens is 454 g/mol. The van der Waals surface area contributed by atoms with Gasteiger partial charge in [-0.2, -0.15) is 4.98 Å². The fourth-order valence-corrected chi connectivity index (χ4v) is 4.48. The number of hydrogen-bond donors (Lipinski definition) is 2. The number of nitrogens with zero attached hydrogens (tertiary/aromatic N) is 3. The van der Waals surface area contributed by atoms with Gasteiger partial charge in [0.25, 0.3) is 5.95 Å². The first-order valence-electron chi connectivity index (χ1n) is 12.0. The molecule has 0 unspecified atom stereocenters. The Morgan fingerprint density at radius 2 is 1.58 bits per heavy atom. The summed E-state index contributed by atoms with van der Waals surface area (Å²) >= 11 is 0. The fraction of sp³-hybridized carbons (Fsp3) is 0.250. The van der Waals surface area contributed by atoms with Crippen LogP contribution in [0.5, 0.6) is 11.5 Å². The van der Waals surface area contributed by atoms with Crippen LogP contribution in [0.4, 0.5) is 11.9 Å². The number of rotatable bonds is 8. The molecule has 2 N–H and O–H groups in total. The van der Waals surface area contributed by atoms with E-state index in [4.69, 9.17) is 9.47 Å². The average molecular weight is 484 g/mol. The number of carbonyl (C=O) groups excluding carboxylic acids is 1. The van der Waals surface area contributed by atoms with E-state index in [1.807, 2.05) is 71.4 Å². The Bertz CT molecular complexity index is 1300. The van der Waals surface area contributed by atoms with Crippen LogP contribution in [0.25, 0.3) is 0 Å². The molecule has 2 heterocycles. The zero-order valence-corrected chi connectivity index (χ0v) is 20.3. The second-order valence-electron chi connectivity index (χ2n) is 8.73. The molecule has 1 aliphatic heterocycles. The third-order valence-corrected chi connectivity index (χ3v) is 6.44. The minimum Gasteiger partial charge on any atom is -0.497 e. The minimum absolute atomic E-state index is 0.0151. The van der Waals surface area contributed by atoms with Crippen LogP contribution in [0, 0.1) is 0 Å². The highest BCUT2D eigenvalue weighted by molar-refractivity contribution is 5.89. The van der Waals surface area contributed by atoms with Crippen LogP contribution >= 0.6 is 0 Å². The Balaban J connectivity index is 1.38. The summed E-state index contributed by atoms with van der Waals surface area (Å²) in [7, 11) is 3.31. The molecule has 5 rings (SSSR count). The standard InChI is InChI=1S/C28H29N5O3/c1-35-22-13-9-20(10-14-22)24-18-25(21-11-15-23(36-2)16-12-21)33-28(29-24)31-27(32-33)30-26(34)17-8-19-6-4-3-5-7-19/h3-7,9-16,24-25H,8,17-18H2,1-2H3,(H2,29,30,31,32,34)/t24-,25+/m0/s1. The molecular formula is C28H29N5O3. The fourth-order valence-electron chi connectivity index (χ4n) is 4.48. The van der Waals surface area contributed by atoms with Gasteiger partial charge in [-0.3, -0.25) is 10.1 Å². The topological polar surface area (TPSA) is 90.3 Å². The number of carbonyl (C=O) groups is 1. The molecule has 1 amide bonds. The highest BCUT2D eigenvalue weighted by Crippen LogP contribution is 2.39. The second kappa shape index (κ2) is 10.5. The summed E-state index contributed by atoms with van der Waals surface area (Å²) in [5.41, 5.74) is 3.33. The number of aryl methyl sites for hydroxylation is 1. The summed E-state index contributed by atoms with van der Waals surface area (Å²) in [5.74, 6) is 2.40. The van der Waals surface area contributed by atoms with Crippen LogP contribution in [0.3, 0.4) is 0 Å². The summed E-state index contributed by atoms with van der Waals surface area (Å²) < 4.78 is 12.5. The van der Waals surface area contributed by atoms with E-state index >= 15 is 0 Å². The van der Waals surface area contributed by atoms with Crippen molar-refractivity contribution in [3.8, 4) is 11.5 Å². The van der Waals surface area contributed by atoms with E-state index < -0.39 is 0 Å². The van der Waals surface area contributed by atoms with Crippen molar-refractivity contribution >= 4 is 17.8 Å². The number of aromatic nitrogens is 3. The number of hydrogen-bond acceptors (Lipinski definition) is 6. The van der Waals surface area contributed by atoms with Gasteiger partial charge in [0.1, 0.15) is 11.5 Å². The predicted octanol–water partition coefficient (Wildman–Crippen LogP) is 5.01. The van der Waals surface area contributed by atoms with E-state index in [9.17, 15) is 4.79 Å². The highest BCUT2D eigenvalue weighted by atomic mass is 16.5. The average Bonchev–Trinajstić information content (AvgIpc) is 3.34. The van der Waals surface area contributed by atoms with Crippen LogP contribution < -0.4 is 20.1 Å². The predicted molar refractivity (Wildman–Crippen MR) is 139 cm³/mol. The molecule has 4 aromatic rings. The largest absolute Gasteiger partial charge is 0.497 e. The van der Waals surface area contributed by atoms with Crippen molar-refractivity contribution < 1.29 is 14.3 Å². The van der Waals surface area contributed by atoms with Crippen molar-refractivity contribution in [2.45, 2.75) is 31.3 Å². The van der Waals surface area contributed by atoms with Gasteiger partial charge in [-0.1, -0.05) is 54.6 Å². The molecule has 0 aliphatic carbocycles. The van der Waals surface area contributed by atoms with Crippen LogP contribution in [-0.4, -0.2) is 34.9 Å². The number of amides is 1. The first-order chi connectivity index (χ1) is 17.6. The Labute approximate surface area is 210 Å². The zero-order chi connectivity index (χ0) is 24.9. The number of anilines is 2. The summed E-state index contributed by atoms with van der Waals surface area (Å²) in [6.07, 6.45) is 1.78. The molecule has 8 heteroatoms. The molecule has 0 bridgehead atoms. The molecule has 2 atom stereocenters. The minimum atomic E-state index is -0.116. The van der Waals surface area contributed by atoms with E-state index in [1.54, 1.807) is 14.2 Å². The lowest BCUT2D eigenvalue weighted by Gasteiger charge is -2.31. The lowest BCUT2D eigenvalue weighted by molar-refractivity contribution is -0.116. The smallest absolute Gasteiger partial charge is 0.250 e. The molecule has 1 aliphatic rings. The zero-order valence-electron chi connectivity index (χ0n) is 20.3. The van der Waals surface area contributed by atoms with Gasteiger partial charge in [0, 0.05) is 6.42 Å². The number of benzene rings is 3. The Kier molecular flexibility index (Phi) is 6.84. The molecule has 0 spiro atoms. The first kappa shape index (κ1) is 23.4. The van der Waals surface area contributed by atoms with Gasteiger partial charge < -0.3 is 14.8 Å². The maximum atomic E-state index is 12.6. The van der Waals surface area contributed by atoms with Gasteiger partial charge >= 0.3 is 0 Å². The third-order valence-electron chi connectivity index (χ3n) is 6.44. The first-order valence-corrected chi connectivity index (χ1v) is 12.0. The molecule has 184 valence electrons. The third kappa shape index (κ3) is 5.17. The van der Waals surface area contributed by atoms with Crippen molar-refractivity contribution in [3.63, 3.8) is 0 Å². The van der Waals surface area contributed by atoms with Gasteiger partial charge in [0.05, 0.1) is 26.3 Å². The number of methoxy groups -OCH3 is 2. The Morgan fingerprint density at radius 3 is 2.22 bits per heavy atom. The van der Waals surface area contributed by atoms with Crippen LogP contribution in [-0.2, 0) is 11.2 Å². The maximum absolute atomic E-state index is 12.6. The maximum Gasteiger partial charge on any atom is 0.250 e. The lowest BCUT2D eigenvalue weighted by atomic mass is 9.93. The van der Waals surface area contributed by atoms with Gasteiger partial charge in [-0.05, 0) is 53.8 Å². The highest BCUT2D eigenvalue weighted by Gasteiger charge is 2.31. The monoisotopic (exact) mass is 483 g/mol. The van der Waals surface area contributed by atoms with E-state index in [1.165, 1.54) is 0 Å². The van der Waals surface area contributed by atoms with Crippen molar-refractivity contribution in [2.24, 2.45) is 0 Å². The normalized spacial score (nSPS) is 16.5. The molecule has 8 nitrogen and oxygen atoms in total. The van der Waals surface area contributed by atoms with E-state index in [0.29, 0.717) is 24.7 Å². The SMILES string of the molecule is COc1ccc([C@@H]2C[C@H](c3ccc(OC)cc3)n3nc(NC(=O)CCc4ccccc4)nc3N2)cc1. The van der Waals surface area contributed by atoms with Gasteiger partial charge in [0.15, 0.2) is 0 Å². The van der Waals surface area contributed by atoms with E-state index in [2.05, 4.69) is 32.8 Å². The van der Waals surface area contributed by atoms with Crippen molar-refractivity contribution in [2.75, 3.05) is 24.9 Å². The summed E-state index contributed by atoms with van der Waals surface area (Å²) in [4.78, 5) is 17.2. The lowest BCUT2D eigenvalue weighted by Crippen LogP contribution is -2.28. The molecule has 0 saturated carbocycles. The second-order valence-corrected chi connectivity index (χ2v) is 8.73. The van der Waals surface area contributed by atoms with Crippen molar-refractivity contribution in [3.05, 3.63) is 95.6 Å². The molecule has 3 aromatic carbocycles. The van der Waals surface area contributed by atoms with E-state index in [-0.39, 0.29) is 18.0 Å². The molecule has 36 heavy (non-hydrogen) atoms. The van der Waals surface area contributed by atoms with Crippen molar-refractivity contribution in [1.82, 2.24) is 14.8 Å². The molecule has 0 fully saturated rings. The van der Waals surface area contributed by atoms with Gasteiger partial charge in [-0.25, -0.2) is 4.68 Å². The molecule has 0 radical (unpaired) electrons. The number of fused-ring (bicyclic) bond motifs is 1.